The van der Waals surface area contributed by atoms with Crippen LogP contribution in [0.15, 0.2) is 30.3 Å². The number of likely N-dealkylation sites (N-methyl/N-ethyl adjacent to an activating group) is 1. The Bertz CT molecular complexity index is 546. The molecule has 0 aliphatic heterocycles. The summed E-state index contributed by atoms with van der Waals surface area (Å²) in [6.45, 7) is 12.1. The minimum absolute atomic E-state index is 0.428. The number of nitrogens with one attached hydrogen (secondary N) is 1. The van der Waals surface area contributed by atoms with Crippen molar-refractivity contribution in [3.8, 4) is 0 Å². The lowest BCUT2D eigenvalue weighted by molar-refractivity contribution is 0.558. The SMILES string of the molecule is CCNC(Cc1ccc(C(C)C)cc1)c1cc(C)c(C)s1. The van der Waals surface area contributed by atoms with Crippen molar-refractivity contribution < 1.29 is 0 Å². The predicted molar refractivity (Wildman–Crippen MR) is 94.4 cm³/mol. The van der Waals surface area contributed by atoms with Gasteiger partial charge < -0.3 is 5.32 Å². The first-order chi connectivity index (χ1) is 10.0. The van der Waals surface area contributed by atoms with E-state index in [0.717, 1.165) is 13.0 Å². The van der Waals surface area contributed by atoms with E-state index in [1.165, 1.54) is 26.4 Å². The third kappa shape index (κ3) is 4.18. The summed E-state index contributed by atoms with van der Waals surface area (Å²) in [5, 5.41) is 3.64. The van der Waals surface area contributed by atoms with Gasteiger partial charge in [-0.3, -0.25) is 0 Å². The molecule has 0 bridgehead atoms. The molecule has 0 aliphatic carbocycles. The molecule has 0 spiro atoms. The second-order valence-electron chi connectivity index (χ2n) is 6.10. The Morgan fingerprint density at radius 2 is 1.76 bits per heavy atom. The van der Waals surface area contributed by atoms with Crippen LogP contribution in [0, 0.1) is 13.8 Å². The predicted octanol–water partition coefficient (Wildman–Crippen LogP) is 5.38. The molecule has 2 rings (SSSR count). The summed E-state index contributed by atoms with van der Waals surface area (Å²) in [5.41, 5.74) is 4.24. The van der Waals surface area contributed by atoms with Crippen molar-refractivity contribution in [2.75, 3.05) is 6.54 Å². The highest BCUT2D eigenvalue weighted by molar-refractivity contribution is 7.12. The maximum absolute atomic E-state index is 3.64. The topological polar surface area (TPSA) is 12.0 Å². The highest BCUT2D eigenvalue weighted by Crippen LogP contribution is 2.29. The van der Waals surface area contributed by atoms with Crippen molar-refractivity contribution >= 4 is 11.3 Å². The Morgan fingerprint density at radius 1 is 1.10 bits per heavy atom. The molecule has 0 aliphatic rings. The molecule has 1 atom stereocenters. The van der Waals surface area contributed by atoms with Crippen molar-refractivity contribution in [3.05, 3.63) is 56.8 Å². The molecule has 1 heterocycles. The van der Waals surface area contributed by atoms with Crippen LogP contribution in [0.25, 0.3) is 0 Å². The Kier molecular flexibility index (Phi) is 5.60. The molecule has 1 aromatic carbocycles. The first-order valence-corrected chi connectivity index (χ1v) is 8.72. The van der Waals surface area contributed by atoms with Crippen LogP contribution in [-0.2, 0) is 6.42 Å². The Labute approximate surface area is 133 Å². The molecule has 0 fully saturated rings. The molecular formula is C19H27NS. The van der Waals surface area contributed by atoms with Gasteiger partial charge in [0.2, 0.25) is 0 Å². The van der Waals surface area contributed by atoms with Crippen LogP contribution in [0.4, 0.5) is 0 Å². The molecule has 1 nitrogen and oxygen atoms in total. The number of hydrogen-bond donors (Lipinski definition) is 1. The Balaban J connectivity index is 2.15. The third-order valence-electron chi connectivity index (χ3n) is 4.07. The van der Waals surface area contributed by atoms with Gasteiger partial charge in [-0.1, -0.05) is 45.0 Å². The van der Waals surface area contributed by atoms with Crippen LogP contribution in [0.3, 0.4) is 0 Å². The van der Waals surface area contributed by atoms with Crippen LogP contribution < -0.4 is 5.32 Å². The van der Waals surface area contributed by atoms with Gasteiger partial charge in [-0.25, -0.2) is 0 Å². The van der Waals surface area contributed by atoms with Crippen molar-refractivity contribution in [3.63, 3.8) is 0 Å². The minimum atomic E-state index is 0.428. The lowest BCUT2D eigenvalue weighted by Gasteiger charge is -2.17. The summed E-state index contributed by atoms with van der Waals surface area (Å²) in [6.07, 6.45) is 1.06. The molecule has 0 amide bonds. The van der Waals surface area contributed by atoms with Gasteiger partial charge in [-0.15, -0.1) is 11.3 Å². The molecule has 1 unspecified atom stereocenters. The van der Waals surface area contributed by atoms with E-state index in [9.17, 15) is 0 Å². The maximum Gasteiger partial charge on any atom is 0.0455 e. The first kappa shape index (κ1) is 16.3. The molecule has 1 aromatic heterocycles. The zero-order valence-electron chi connectivity index (χ0n) is 13.9. The second-order valence-corrected chi connectivity index (χ2v) is 7.39. The zero-order chi connectivity index (χ0) is 15.4. The summed E-state index contributed by atoms with van der Waals surface area (Å²) >= 11 is 1.93. The van der Waals surface area contributed by atoms with Crippen molar-refractivity contribution in [1.82, 2.24) is 5.32 Å². The summed E-state index contributed by atoms with van der Waals surface area (Å²) in [4.78, 5) is 2.89. The van der Waals surface area contributed by atoms with Gasteiger partial charge in [-0.2, -0.15) is 0 Å². The largest absolute Gasteiger partial charge is 0.309 e. The zero-order valence-corrected chi connectivity index (χ0v) is 14.7. The summed E-state index contributed by atoms with van der Waals surface area (Å²) in [6, 6.07) is 11.9. The Hall–Kier alpha value is -1.12. The van der Waals surface area contributed by atoms with E-state index in [-0.39, 0.29) is 0 Å². The van der Waals surface area contributed by atoms with Crippen LogP contribution in [0.5, 0.6) is 0 Å². The van der Waals surface area contributed by atoms with Gasteiger partial charge in [-0.05, 0) is 55.5 Å². The molecule has 21 heavy (non-hydrogen) atoms. The standard InChI is InChI=1S/C19H27NS/c1-6-20-18(19-11-14(4)15(5)21-19)12-16-7-9-17(10-8-16)13(2)3/h7-11,13,18,20H,6,12H2,1-5H3. The molecule has 2 heteroatoms. The normalized spacial score (nSPS) is 12.9. The summed E-state index contributed by atoms with van der Waals surface area (Å²) in [7, 11) is 0. The molecule has 0 saturated heterocycles. The fraction of sp³-hybridized carbons (Fsp3) is 0.474. The smallest absolute Gasteiger partial charge is 0.0455 e. The third-order valence-corrected chi connectivity index (χ3v) is 5.33. The van der Waals surface area contributed by atoms with E-state index < -0.39 is 0 Å². The lowest BCUT2D eigenvalue weighted by Crippen LogP contribution is -2.22. The van der Waals surface area contributed by atoms with Crippen LogP contribution in [0.2, 0.25) is 0 Å². The van der Waals surface area contributed by atoms with Crippen LogP contribution in [0.1, 0.15) is 59.2 Å². The summed E-state index contributed by atoms with van der Waals surface area (Å²) in [5.74, 6) is 0.603. The monoisotopic (exact) mass is 301 g/mol. The first-order valence-electron chi connectivity index (χ1n) is 7.90. The molecule has 0 saturated carbocycles. The van der Waals surface area contributed by atoms with E-state index in [2.05, 4.69) is 70.3 Å². The molecule has 1 N–H and O–H groups in total. The highest BCUT2D eigenvalue weighted by atomic mass is 32.1. The quantitative estimate of drug-likeness (QED) is 0.755. The molecule has 2 aromatic rings. The Morgan fingerprint density at radius 3 is 2.24 bits per heavy atom. The fourth-order valence-electron chi connectivity index (χ4n) is 2.57. The van der Waals surface area contributed by atoms with Crippen LogP contribution in [-0.4, -0.2) is 6.54 Å². The van der Waals surface area contributed by atoms with Crippen molar-refractivity contribution in [2.24, 2.45) is 0 Å². The highest BCUT2D eigenvalue weighted by Gasteiger charge is 2.14. The molecule has 114 valence electrons. The lowest BCUT2D eigenvalue weighted by atomic mass is 9.98. The van der Waals surface area contributed by atoms with Gasteiger partial charge >= 0.3 is 0 Å². The summed E-state index contributed by atoms with van der Waals surface area (Å²) < 4.78 is 0. The number of rotatable bonds is 6. The number of hydrogen-bond acceptors (Lipinski definition) is 2. The van der Waals surface area contributed by atoms with Gasteiger partial charge in [0.25, 0.3) is 0 Å². The minimum Gasteiger partial charge on any atom is -0.309 e. The van der Waals surface area contributed by atoms with Gasteiger partial charge in [0, 0.05) is 15.8 Å². The van der Waals surface area contributed by atoms with E-state index in [4.69, 9.17) is 0 Å². The average Bonchev–Trinajstić information content (AvgIpc) is 2.79. The van der Waals surface area contributed by atoms with Gasteiger partial charge in [0.15, 0.2) is 0 Å². The van der Waals surface area contributed by atoms with E-state index in [1.807, 2.05) is 11.3 Å². The molecule has 0 radical (unpaired) electrons. The van der Waals surface area contributed by atoms with E-state index in [1.54, 1.807) is 0 Å². The van der Waals surface area contributed by atoms with Gasteiger partial charge in [0.1, 0.15) is 0 Å². The average molecular weight is 301 g/mol. The van der Waals surface area contributed by atoms with Crippen molar-refractivity contribution in [2.45, 2.75) is 53.0 Å². The second kappa shape index (κ2) is 7.24. The van der Waals surface area contributed by atoms with E-state index >= 15 is 0 Å². The van der Waals surface area contributed by atoms with Crippen LogP contribution >= 0.6 is 11.3 Å². The number of aryl methyl sites for hydroxylation is 2. The number of benzene rings is 1. The van der Waals surface area contributed by atoms with Crippen molar-refractivity contribution in [1.29, 1.82) is 0 Å². The molecular weight excluding hydrogens is 274 g/mol. The van der Waals surface area contributed by atoms with Gasteiger partial charge in [0.05, 0.1) is 0 Å². The van der Waals surface area contributed by atoms with E-state index in [0.29, 0.717) is 12.0 Å². The fourth-order valence-corrected chi connectivity index (χ4v) is 3.69. The number of thiophene rings is 1. The maximum atomic E-state index is 3.64.